The molecule has 0 radical (unpaired) electrons. The molecule has 0 aliphatic carbocycles. The number of hydroxylamine groups is 2. The first-order chi connectivity index (χ1) is 11.6. The number of nitrogens with one attached hydrogen (secondary N) is 2. The molecule has 2 aliphatic rings. The summed E-state index contributed by atoms with van der Waals surface area (Å²) in [6.07, 6.45) is 7.08. The number of amides is 2. The molecule has 2 unspecified atom stereocenters. The zero-order chi connectivity index (χ0) is 17.1. The summed E-state index contributed by atoms with van der Waals surface area (Å²) >= 11 is 0. The predicted molar refractivity (Wildman–Crippen MR) is 87.8 cm³/mol. The van der Waals surface area contributed by atoms with Crippen LogP contribution in [0.2, 0.25) is 0 Å². The molecule has 2 N–H and O–H groups in total. The Labute approximate surface area is 139 Å². The number of hydrogen-bond donors (Lipinski definition) is 2. The van der Waals surface area contributed by atoms with Crippen molar-refractivity contribution < 1.29 is 19.2 Å². The fraction of sp³-hybridized carbons (Fsp3) is 0.294. The quantitative estimate of drug-likeness (QED) is 0.814. The van der Waals surface area contributed by atoms with E-state index in [0.717, 1.165) is 10.4 Å². The summed E-state index contributed by atoms with van der Waals surface area (Å²) in [5.41, 5.74) is 0. The Balaban J connectivity index is 1.74. The lowest BCUT2D eigenvalue weighted by atomic mass is 10.2. The zero-order valence-electron chi connectivity index (χ0n) is 13.5. The third kappa shape index (κ3) is 3.11. The first-order valence-electron chi connectivity index (χ1n) is 7.68. The maximum atomic E-state index is 12.2. The molecular formula is C17H19N3O4. The van der Waals surface area contributed by atoms with Gasteiger partial charge >= 0.3 is 6.09 Å². The molecule has 0 aromatic heterocycles. The Hall–Kier alpha value is -2.80. The van der Waals surface area contributed by atoms with Gasteiger partial charge in [-0.05, 0) is 31.6 Å². The number of fused-ring (bicyclic) bond motifs is 1. The summed E-state index contributed by atoms with van der Waals surface area (Å²) in [7, 11) is 1.43. The Morgan fingerprint density at radius 2 is 2.25 bits per heavy atom. The van der Waals surface area contributed by atoms with Crippen LogP contribution in [0.3, 0.4) is 0 Å². The first kappa shape index (κ1) is 16.1. The Kier molecular flexibility index (Phi) is 4.52. The van der Waals surface area contributed by atoms with E-state index in [1.165, 1.54) is 12.2 Å². The number of ether oxygens (including phenoxy) is 1. The Bertz CT molecular complexity index is 803. The molecule has 1 saturated heterocycles. The van der Waals surface area contributed by atoms with Crippen LogP contribution in [0, 0.1) is 0 Å². The lowest BCUT2D eigenvalue weighted by Gasteiger charge is -2.17. The summed E-state index contributed by atoms with van der Waals surface area (Å²) in [6.45, 7) is 1.86. The van der Waals surface area contributed by atoms with Gasteiger partial charge in [0.15, 0.2) is 0 Å². The first-order valence-corrected chi connectivity index (χ1v) is 7.68. The number of carbonyl (C=O) groups is 2. The normalized spacial score (nSPS) is 21.9. The molecule has 2 amide bonds. The number of nitrogens with zero attached hydrogens (tertiary/aromatic N) is 1. The van der Waals surface area contributed by atoms with Gasteiger partial charge < -0.3 is 15.4 Å². The second kappa shape index (κ2) is 6.76. The van der Waals surface area contributed by atoms with Gasteiger partial charge in [0, 0.05) is 22.8 Å². The van der Waals surface area contributed by atoms with Gasteiger partial charge in [0.25, 0.3) is 5.91 Å². The van der Waals surface area contributed by atoms with Gasteiger partial charge in [-0.1, -0.05) is 12.1 Å². The smallest absolute Gasteiger partial charge is 0.410 e. The Morgan fingerprint density at radius 1 is 1.42 bits per heavy atom. The fourth-order valence-corrected chi connectivity index (χ4v) is 2.86. The molecule has 0 bridgehead atoms. The molecule has 7 nitrogen and oxygen atoms in total. The van der Waals surface area contributed by atoms with Crippen molar-refractivity contribution in [3.8, 4) is 5.75 Å². The second-order valence-electron chi connectivity index (χ2n) is 5.61. The van der Waals surface area contributed by atoms with Gasteiger partial charge in [-0.2, -0.15) is 0 Å². The van der Waals surface area contributed by atoms with Crippen LogP contribution in [-0.2, 0) is 9.63 Å². The van der Waals surface area contributed by atoms with Crippen molar-refractivity contribution in [1.82, 2.24) is 15.7 Å². The van der Waals surface area contributed by atoms with Crippen molar-refractivity contribution in [1.29, 1.82) is 0 Å². The van der Waals surface area contributed by atoms with Crippen molar-refractivity contribution in [2.75, 3.05) is 7.11 Å². The van der Waals surface area contributed by atoms with Crippen molar-refractivity contribution >= 4 is 24.3 Å². The van der Waals surface area contributed by atoms with Gasteiger partial charge in [-0.15, -0.1) is 0 Å². The topological polar surface area (TPSA) is 79.9 Å². The van der Waals surface area contributed by atoms with E-state index in [9.17, 15) is 9.59 Å². The van der Waals surface area contributed by atoms with E-state index in [2.05, 4.69) is 10.6 Å². The van der Waals surface area contributed by atoms with Crippen LogP contribution in [0.1, 0.15) is 13.3 Å². The number of hydrogen-bond acceptors (Lipinski definition) is 5. The summed E-state index contributed by atoms with van der Waals surface area (Å²) in [6, 6.07) is 4.68. The highest BCUT2D eigenvalue weighted by Crippen LogP contribution is 2.18. The molecule has 2 atom stereocenters. The SMILES string of the molecule is CON1C(=O)C(NC(=O)Oc2cccc3c2=CC=CNC=3)CC1C. The van der Waals surface area contributed by atoms with Crippen LogP contribution in [0.25, 0.3) is 12.3 Å². The third-order valence-electron chi connectivity index (χ3n) is 3.98. The monoisotopic (exact) mass is 329 g/mol. The number of rotatable bonds is 3. The Morgan fingerprint density at radius 3 is 3.00 bits per heavy atom. The van der Waals surface area contributed by atoms with E-state index < -0.39 is 12.1 Å². The third-order valence-corrected chi connectivity index (χ3v) is 3.98. The largest absolute Gasteiger partial charge is 0.413 e. The van der Waals surface area contributed by atoms with Gasteiger partial charge in [0.05, 0.1) is 13.2 Å². The molecule has 2 heterocycles. The van der Waals surface area contributed by atoms with E-state index >= 15 is 0 Å². The highest BCUT2D eigenvalue weighted by molar-refractivity contribution is 5.87. The number of allylic oxidation sites excluding steroid dienone is 1. The van der Waals surface area contributed by atoms with Crippen LogP contribution in [-0.4, -0.2) is 36.3 Å². The van der Waals surface area contributed by atoms with E-state index in [-0.39, 0.29) is 11.9 Å². The van der Waals surface area contributed by atoms with Crippen molar-refractivity contribution in [2.45, 2.75) is 25.4 Å². The highest BCUT2D eigenvalue weighted by Gasteiger charge is 2.39. The van der Waals surface area contributed by atoms with Crippen molar-refractivity contribution in [3.63, 3.8) is 0 Å². The van der Waals surface area contributed by atoms with Crippen LogP contribution < -0.4 is 25.8 Å². The maximum Gasteiger partial charge on any atom is 0.413 e. The van der Waals surface area contributed by atoms with Crippen molar-refractivity contribution in [3.05, 3.63) is 40.9 Å². The predicted octanol–water partition coefficient (Wildman–Crippen LogP) is -0.0388. The van der Waals surface area contributed by atoms with Crippen LogP contribution >= 0.6 is 0 Å². The van der Waals surface area contributed by atoms with Gasteiger partial charge in [-0.25, -0.2) is 9.86 Å². The summed E-state index contributed by atoms with van der Waals surface area (Å²) in [5.74, 6) is 0.151. The van der Waals surface area contributed by atoms with Crippen molar-refractivity contribution in [2.24, 2.45) is 0 Å². The standard InChI is InChI=1S/C17H19N3O4/c1-11-9-14(16(21)20(11)23-2)19-17(22)24-15-7-3-5-12-10-18-8-4-6-13(12)15/h3-8,10-11,14,18H,9H2,1-2H3,(H,19,22). The molecular weight excluding hydrogens is 310 g/mol. The lowest BCUT2D eigenvalue weighted by Crippen LogP contribution is -2.43. The average molecular weight is 329 g/mol. The summed E-state index contributed by atoms with van der Waals surface area (Å²) in [4.78, 5) is 29.3. The molecule has 1 aromatic rings. The summed E-state index contributed by atoms with van der Waals surface area (Å²) < 4.78 is 5.41. The van der Waals surface area contributed by atoms with E-state index in [4.69, 9.17) is 9.57 Å². The molecule has 126 valence electrons. The van der Waals surface area contributed by atoms with Gasteiger partial charge in [0.2, 0.25) is 0 Å². The van der Waals surface area contributed by atoms with Crippen LogP contribution in [0.4, 0.5) is 4.79 Å². The van der Waals surface area contributed by atoms with Gasteiger partial charge in [0.1, 0.15) is 11.8 Å². The number of benzene rings is 1. The molecule has 2 aliphatic heterocycles. The fourth-order valence-electron chi connectivity index (χ4n) is 2.86. The minimum Gasteiger partial charge on any atom is -0.410 e. The maximum absolute atomic E-state index is 12.2. The van der Waals surface area contributed by atoms with E-state index in [1.54, 1.807) is 18.3 Å². The molecule has 1 fully saturated rings. The van der Waals surface area contributed by atoms with E-state index in [1.807, 2.05) is 31.3 Å². The minimum absolute atomic E-state index is 0.0973. The molecule has 0 saturated carbocycles. The number of carbonyl (C=O) groups excluding carboxylic acids is 2. The van der Waals surface area contributed by atoms with Crippen LogP contribution in [0.5, 0.6) is 5.75 Å². The molecule has 7 heteroatoms. The van der Waals surface area contributed by atoms with Crippen LogP contribution in [0.15, 0.2) is 30.5 Å². The lowest BCUT2D eigenvalue weighted by molar-refractivity contribution is -0.176. The zero-order valence-corrected chi connectivity index (χ0v) is 13.5. The second-order valence-corrected chi connectivity index (χ2v) is 5.61. The van der Waals surface area contributed by atoms with E-state index in [0.29, 0.717) is 12.2 Å². The van der Waals surface area contributed by atoms with Gasteiger partial charge in [-0.3, -0.25) is 9.63 Å². The summed E-state index contributed by atoms with van der Waals surface area (Å²) in [5, 5.41) is 8.57. The molecule has 3 rings (SSSR count). The average Bonchev–Trinajstić information content (AvgIpc) is 2.73. The minimum atomic E-state index is -0.665. The highest BCUT2D eigenvalue weighted by atomic mass is 16.7. The molecule has 24 heavy (non-hydrogen) atoms. The molecule has 0 spiro atoms. The molecule has 1 aromatic carbocycles.